The Balaban J connectivity index is 1.58. The maximum absolute atomic E-state index is 13.5. The molecule has 172 valence electrons. The summed E-state index contributed by atoms with van der Waals surface area (Å²) in [6.45, 7) is 3.43. The molecule has 3 aromatic rings. The topological polar surface area (TPSA) is 69.7 Å². The summed E-state index contributed by atoms with van der Waals surface area (Å²) < 4.78 is 28.1. The molecule has 33 heavy (non-hydrogen) atoms. The molecule has 0 aliphatic carbocycles. The van der Waals surface area contributed by atoms with Crippen LogP contribution in [0, 0.1) is 6.92 Å². The van der Waals surface area contributed by atoms with Gasteiger partial charge in [-0.1, -0.05) is 35.9 Å². The Hall–Kier alpha value is -3.03. The van der Waals surface area contributed by atoms with Gasteiger partial charge in [0.05, 0.1) is 10.6 Å². The largest absolute Gasteiger partial charge is 0.372 e. The average molecular weight is 484 g/mol. The highest BCUT2D eigenvalue weighted by Gasteiger charge is 2.28. The monoisotopic (exact) mass is 483 g/mol. The number of hydrogen-bond donors (Lipinski definition) is 1. The van der Waals surface area contributed by atoms with Gasteiger partial charge in [0.1, 0.15) is 6.54 Å². The van der Waals surface area contributed by atoms with Crippen molar-refractivity contribution in [2.75, 3.05) is 34.2 Å². The van der Waals surface area contributed by atoms with E-state index in [-0.39, 0.29) is 11.4 Å². The molecule has 1 fully saturated rings. The maximum Gasteiger partial charge on any atom is 0.264 e. The van der Waals surface area contributed by atoms with Crippen LogP contribution in [-0.2, 0) is 14.8 Å². The van der Waals surface area contributed by atoms with Crippen molar-refractivity contribution < 1.29 is 13.2 Å². The fourth-order valence-corrected chi connectivity index (χ4v) is 5.62. The fourth-order valence-electron chi connectivity index (χ4n) is 3.95. The molecule has 0 bridgehead atoms. The summed E-state index contributed by atoms with van der Waals surface area (Å²) in [7, 11) is -3.99. The van der Waals surface area contributed by atoms with Crippen molar-refractivity contribution in [3.05, 3.63) is 83.4 Å². The van der Waals surface area contributed by atoms with Crippen molar-refractivity contribution >= 4 is 44.6 Å². The molecule has 4 rings (SSSR count). The normalized spacial score (nSPS) is 13.7. The van der Waals surface area contributed by atoms with Gasteiger partial charge >= 0.3 is 0 Å². The lowest BCUT2D eigenvalue weighted by atomic mass is 10.2. The molecule has 0 unspecified atom stereocenters. The third-order valence-corrected chi connectivity index (χ3v) is 7.93. The van der Waals surface area contributed by atoms with Crippen LogP contribution in [0.2, 0.25) is 5.02 Å². The van der Waals surface area contributed by atoms with Gasteiger partial charge in [-0.05, 0) is 73.9 Å². The van der Waals surface area contributed by atoms with E-state index in [0.29, 0.717) is 22.0 Å². The Bertz CT molecular complexity index is 1230. The van der Waals surface area contributed by atoms with Crippen LogP contribution in [-0.4, -0.2) is 34.0 Å². The lowest BCUT2D eigenvalue weighted by molar-refractivity contribution is -0.114. The number of benzene rings is 3. The Morgan fingerprint density at radius 1 is 0.970 bits per heavy atom. The van der Waals surface area contributed by atoms with Crippen molar-refractivity contribution in [3.8, 4) is 0 Å². The second-order valence-electron chi connectivity index (χ2n) is 8.00. The van der Waals surface area contributed by atoms with Crippen LogP contribution < -0.4 is 14.5 Å². The Labute approximate surface area is 199 Å². The molecule has 1 heterocycles. The molecule has 0 atom stereocenters. The lowest BCUT2D eigenvalue weighted by Crippen LogP contribution is -2.38. The molecule has 1 N–H and O–H groups in total. The highest BCUT2D eigenvalue weighted by atomic mass is 35.5. The summed E-state index contributed by atoms with van der Waals surface area (Å²) >= 11 is 6.26. The van der Waals surface area contributed by atoms with Gasteiger partial charge in [0.2, 0.25) is 5.91 Å². The fraction of sp³-hybridized carbons (Fsp3) is 0.240. The number of anilines is 3. The molecule has 3 aromatic carbocycles. The van der Waals surface area contributed by atoms with E-state index in [1.807, 2.05) is 24.3 Å². The molecule has 0 spiro atoms. The quantitative estimate of drug-likeness (QED) is 0.508. The molecule has 1 aliphatic heterocycles. The maximum atomic E-state index is 13.5. The zero-order chi connectivity index (χ0) is 23.4. The minimum atomic E-state index is -3.99. The number of carbonyl (C=O) groups is 1. The molecule has 1 saturated heterocycles. The van der Waals surface area contributed by atoms with Gasteiger partial charge in [-0.25, -0.2) is 8.42 Å². The first-order valence-corrected chi connectivity index (χ1v) is 12.7. The van der Waals surface area contributed by atoms with Crippen molar-refractivity contribution in [2.45, 2.75) is 24.7 Å². The molecule has 0 aromatic heterocycles. The first-order valence-electron chi connectivity index (χ1n) is 10.8. The summed E-state index contributed by atoms with van der Waals surface area (Å²) in [6, 6.07) is 20.7. The second kappa shape index (κ2) is 9.85. The van der Waals surface area contributed by atoms with E-state index in [4.69, 9.17) is 11.6 Å². The minimum Gasteiger partial charge on any atom is -0.372 e. The number of amides is 1. The van der Waals surface area contributed by atoms with E-state index in [1.54, 1.807) is 43.3 Å². The van der Waals surface area contributed by atoms with Crippen LogP contribution in [0.5, 0.6) is 0 Å². The molecular formula is C25H26ClN3O3S. The SMILES string of the molecule is Cc1c(Cl)cccc1N(CC(=O)Nc1ccc(N2CCCC2)cc1)S(=O)(=O)c1ccccc1. The summed E-state index contributed by atoms with van der Waals surface area (Å²) in [5.41, 5.74) is 2.68. The molecular weight excluding hydrogens is 458 g/mol. The van der Waals surface area contributed by atoms with Gasteiger partial charge in [-0.2, -0.15) is 0 Å². The number of carbonyl (C=O) groups excluding carboxylic acids is 1. The number of halogens is 1. The predicted molar refractivity (Wildman–Crippen MR) is 134 cm³/mol. The summed E-state index contributed by atoms with van der Waals surface area (Å²) in [4.78, 5) is 15.4. The number of nitrogens with zero attached hydrogens (tertiary/aromatic N) is 2. The van der Waals surface area contributed by atoms with Crippen LogP contribution in [0.4, 0.5) is 17.1 Å². The standard InChI is InChI=1S/C25H26ClN3O3S/c1-19-23(26)10-7-11-24(19)29(33(31,32)22-8-3-2-4-9-22)18-25(30)27-20-12-14-21(15-13-20)28-16-5-6-17-28/h2-4,7-15H,5-6,16-18H2,1H3,(H,27,30). The van der Waals surface area contributed by atoms with Crippen LogP contribution in [0.1, 0.15) is 18.4 Å². The third kappa shape index (κ3) is 5.15. The minimum absolute atomic E-state index is 0.104. The van der Waals surface area contributed by atoms with Gasteiger partial charge in [0, 0.05) is 29.5 Å². The Morgan fingerprint density at radius 2 is 1.64 bits per heavy atom. The summed E-state index contributed by atoms with van der Waals surface area (Å²) in [5, 5.41) is 3.25. The predicted octanol–water partition coefficient (Wildman–Crippen LogP) is 5.08. The van der Waals surface area contributed by atoms with Crippen molar-refractivity contribution in [2.24, 2.45) is 0 Å². The van der Waals surface area contributed by atoms with Gasteiger partial charge in [0.25, 0.3) is 10.0 Å². The first kappa shape index (κ1) is 23.1. The smallest absolute Gasteiger partial charge is 0.264 e. The summed E-state index contributed by atoms with van der Waals surface area (Å²) in [5.74, 6) is -0.442. The van der Waals surface area contributed by atoms with E-state index in [2.05, 4.69) is 10.2 Å². The van der Waals surface area contributed by atoms with E-state index < -0.39 is 15.9 Å². The van der Waals surface area contributed by atoms with Gasteiger partial charge in [-0.15, -0.1) is 0 Å². The van der Waals surface area contributed by atoms with Crippen molar-refractivity contribution in [3.63, 3.8) is 0 Å². The van der Waals surface area contributed by atoms with Crippen LogP contribution in [0.3, 0.4) is 0 Å². The molecule has 1 aliphatic rings. The van der Waals surface area contributed by atoms with Crippen LogP contribution in [0.25, 0.3) is 0 Å². The molecule has 6 nitrogen and oxygen atoms in total. The van der Waals surface area contributed by atoms with E-state index in [9.17, 15) is 13.2 Å². The number of nitrogens with one attached hydrogen (secondary N) is 1. The lowest BCUT2D eigenvalue weighted by Gasteiger charge is -2.26. The number of sulfonamides is 1. The first-order chi connectivity index (χ1) is 15.9. The zero-order valence-electron chi connectivity index (χ0n) is 18.4. The number of hydrogen-bond acceptors (Lipinski definition) is 4. The molecule has 8 heteroatoms. The average Bonchev–Trinajstić information content (AvgIpc) is 3.36. The van der Waals surface area contributed by atoms with E-state index in [1.165, 1.54) is 25.0 Å². The molecule has 0 saturated carbocycles. The van der Waals surface area contributed by atoms with Crippen molar-refractivity contribution in [1.82, 2.24) is 0 Å². The van der Waals surface area contributed by atoms with Crippen LogP contribution >= 0.6 is 11.6 Å². The molecule has 1 amide bonds. The summed E-state index contributed by atoms with van der Waals surface area (Å²) in [6.07, 6.45) is 2.38. The highest BCUT2D eigenvalue weighted by molar-refractivity contribution is 7.92. The van der Waals surface area contributed by atoms with E-state index >= 15 is 0 Å². The zero-order valence-corrected chi connectivity index (χ0v) is 19.9. The molecule has 0 radical (unpaired) electrons. The van der Waals surface area contributed by atoms with Gasteiger partial charge in [-0.3, -0.25) is 9.10 Å². The third-order valence-electron chi connectivity index (χ3n) is 5.75. The number of rotatable bonds is 7. The van der Waals surface area contributed by atoms with Gasteiger partial charge < -0.3 is 10.2 Å². The highest BCUT2D eigenvalue weighted by Crippen LogP contribution is 2.31. The second-order valence-corrected chi connectivity index (χ2v) is 10.3. The van der Waals surface area contributed by atoms with Gasteiger partial charge in [0.15, 0.2) is 0 Å². The Morgan fingerprint density at radius 3 is 2.30 bits per heavy atom. The van der Waals surface area contributed by atoms with E-state index in [0.717, 1.165) is 23.1 Å². The van der Waals surface area contributed by atoms with Crippen molar-refractivity contribution in [1.29, 1.82) is 0 Å². The Kier molecular flexibility index (Phi) is 6.91. The van der Waals surface area contributed by atoms with Crippen LogP contribution in [0.15, 0.2) is 77.7 Å².